The number of Topliss-reactive ketones (excluding diaryl/α,β-unsaturated/α-hetero) is 1. The van der Waals surface area contributed by atoms with Gasteiger partial charge in [0.25, 0.3) is 0 Å². The van der Waals surface area contributed by atoms with E-state index in [-0.39, 0.29) is 11.9 Å². The van der Waals surface area contributed by atoms with Crippen LogP contribution in [-0.4, -0.2) is 20.2 Å². The molecule has 2 aliphatic carbocycles. The zero-order chi connectivity index (χ0) is 11.8. The monoisotopic (exact) mass is 234 g/mol. The van der Waals surface area contributed by atoms with E-state index in [1.54, 1.807) is 0 Å². The third-order valence-electron chi connectivity index (χ3n) is 2.74. The van der Waals surface area contributed by atoms with E-state index in [0.717, 1.165) is 18.3 Å². The van der Waals surface area contributed by atoms with Crippen LogP contribution in [0.4, 0.5) is 0 Å². The molecular formula is C13H18O2Si. The van der Waals surface area contributed by atoms with Gasteiger partial charge < -0.3 is 4.43 Å². The van der Waals surface area contributed by atoms with Crippen molar-refractivity contribution in [3.8, 4) is 0 Å². The van der Waals surface area contributed by atoms with Gasteiger partial charge in [-0.1, -0.05) is 0 Å². The first-order chi connectivity index (χ1) is 7.47. The van der Waals surface area contributed by atoms with Crippen LogP contribution in [0, 0.1) is 37.5 Å². The quantitative estimate of drug-likeness (QED) is 0.686. The summed E-state index contributed by atoms with van der Waals surface area (Å²) in [5.41, 5.74) is 0. The van der Waals surface area contributed by atoms with E-state index in [1.165, 1.54) is 0 Å². The van der Waals surface area contributed by atoms with Crippen LogP contribution < -0.4 is 0 Å². The molecule has 0 amide bonds. The zero-order valence-electron chi connectivity index (χ0n) is 10.1. The average Bonchev–Trinajstić information content (AvgIpc) is 2.21. The molecule has 0 spiro atoms. The van der Waals surface area contributed by atoms with Gasteiger partial charge in [-0.2, -0.15) is 0 Å². The van der Waals surface area contributed by atoms with Crippen molar-refractivity contribution in [2.75, 3.05) is 0 Å². The number of rotatable bonds is 2. The fourth-order valence-corrected chi connectivity index (χ4v) is 3.23. The van der Waals surface area contributed by atoms with Crippen LogP contribution in [0.3, 0.4) is 0 Å². The molecule has 2 rings (SSSR count). The summed E-state index contributed by atoms with van der Waals surface area (Å²) in [4.78, 5) is 11.8. The molecule has 0 bridgehead atoms. The fourth-order valence-electron chi connectivity index (χ4n) is 2.13. The Balaban J connectivity index is 2.06. The molecule has 1 atom stereocenters. The summed E-state index contributed by atoms with van der Waals surface area (Å²) in [5.74, 6) is 2.20. The fraction of sp³-hybridized carbons (Fsp3) is 0.462. The second-order valence-electron chi connectivity index (χ2n) is 5.27. The molecule has 3 heteroatoms. The molecule has 0 aromatic heterocycles. The molecule has 86 valence electrons. The van der Waals surface area contributed by atoms with E-state index < -0.39 is 8.32 Å². The lowest BCUT2D eigenvalue weighted by Crippen LogP contribution is -2.44. The molecule has 0 saturated heterocycles. The molecule has 2 fully saturated rings. The summed E-state index contributed by atoms with van der Waals surface area (Å²) in [6.45, 7) is 6.56. The summed E-state index contributed by atoms with van der Waals surface area (Å²) in [6.07, 6.45) is 9.42. The molecule has 16 heavy (non-hydrogen) atoms. The summed E-state index contributed by atoms with van der Waals surface area (Å²) < 4.78 is 6.14. The minimum Gasteiger partial charge on any atom is -0.414 e. The lowest BCUT2D eigenvalue weighted by Gasteiger charge is -2.41. The third-order valence-corrected chi connectivity index (χ3v) is 3.73. The maximum Gasteiger partial charge on any atom is 0.184 e. The van der Waals surface area contributed by atoms with Crippen molar-refractivity contribution in [2.24, 2.45) is 0 Å². The van der Waals surface area contributed by atoms with E-state index in [4.69, 9.17) is 4.43 Å². The number of ketones is 1. The highest BCUT2D eigenvalue weighted by atomic mass is 28.4. The highest BCUT2D eigenvalue weighted by Crippen LogP contribution is 2.42. The van der Waals surface area contributed by atoms with Gasteiger partial charge in [0.05, 0.1) is 12.0 Å². The summed E-state index contributed by atoms with van der Waals surface area (Å²) in [5, 5.41) is 0. The molecule has 2 saturated carbocycles. The highest BCUT2D eigenvalue weighted by Gasteiger charge is 2.43. The Kier molecular flexibility index (Phi) is 3.55. The van der Waals surface area contributed by atoms with Crippen molar-refractivity contribution < 1.29 is 9.22 Å². The maximum absolute atomic E-state index is 11.8. The van der Waals surface area contributed by atoms with E-state index in [2.05, 4.69) is 19.6 Å². The van der Waals surface area contributed by atoms with E-state index >= 15 is 0 Å². The minimum atomic E-state index is -1.55. The van der Waals surface area contributed by atoms with Crippen molar-refractivity contribution in [2.45, 2.75) is 38.6 Å². The molecule has 0 aromatic carbocycles. The van der Waals surface area contributed by atoms with E-state index in [0.29, 0.717) is 6.42 Å². The standard InChI is InChI=1S/C13H18O2Si/c1-16(2,3)15-13-9-8-12(14)10-6-4-5-7-11(10)13/h4-7,13H,8-9H2,1-3H3/t13-/m0/s1. The Morgan fingerprint density at radius 2 is 1.94 bits per heavy atom. The topological polar surface area (TPSA) is 26.3 Å². The van der Waals surface area contributed by atoms with Crippen LogP contribution in [0.5, 0.6) is 0 Å². The SMILES string of the molecule is C[Si](C)(C)O[C@H]1CCC(=O)[C]2[CH][CH][CH][CH][C]21. The number of carbonyl (C=O) groups is 1. The number of hydrogen-bond donors (Lipinski definition) is 0. The second-order valence-corrected chi connectivity index (χ2v) is 9.73. The largest absolute Gasteiger partial charge is 0.414 e. The second kappa shape index (κ2) is 4.61. The first-order valence-corrected chi connectivity index (χ1v) is 9.18. The smallest absolute Gasteiger partial charge is 0.184 e. The van der Waals surface area contributed by atoms with Crippen molar-refractivity contribution >= 4 is 14.1 Å². The first-order valence-electron chi connectivity index (χ1n) is 5.77. The Hall–Kier alpha value is -0.153. The molecule has 0 unspecified atom stereocenters. The van der Waals surface area contributed by atoms with E-state index in [1.807, 2.05) is 25.7 Å². The third kappa shape index (κ3) is 2.75. The van der Waals surface area contributed by atoms with Gasteiger partial charge in [-0.25, -0.2) is 0 Å². The predicted molar refractivity (Wildman–Crippen MR) is 66.1 cm³/mol. The molecule has 0 N–H and O–H groups in total. The van der Waals surface area contributed by atoms with Crippen molar-refractivity contribution in [3.63, 3.8) is 0 Å². The maximum atomic E-state index is 11.8. The Morgan fingerprint density at radius 1 is 1.25 bits per heavy atom. The lowest BCUT2D eigenvalue weighted by molar-refractivity contribution is -0.118. The van der Waals surface area contributed by atoms with Gasteiger partial charge in [-0.3, -0.25) is 4.79 Å². The van der Waals surface area contributed by atoms with Gasteiger partial charge >= 0.3 is 0 Å². The molecule has 0 aliphatic heterocycles. The van der Waals surface area contributed by atoms with Gasteiger partial charge in [-0.05, 0) is 51.7 Å². The normalized spacial score (nSPS) is 29.2. The van der Waals surface area contributed by atoms with Crippen LogP contribution in [0.15, 0.2) is 0 Å². The van der Waals surface area contributed by atoms with Crippen LogP contribution in [-0.2, 0) is 9.22 Å². The van der Waals surface area contributed by atoms with Crippen LogP contribution >= 0.6 is 0 Å². The van der Waals surface area contributed by atoms with E-state index in [9.17, 15) is 4.79 Å². The van der Waals surface area contributed by atoms with Crippen LogP contribution in [0.2, 0.25) is 19.6 Å². The zero-order valence-corrected chi connectivity index (χ0v) is 11.1. The Bertz CT molecular complexity index is 270. The average molecular weight is 234 g/mol. The molecule has 0 aromatic rings. The summed E-state index contributed by atoms with van der Waals surface area (Å²) >= 11 is 0. The van der Waals surface area contributed by atoms with Crippen LogP contribution in [0.25, 0.3) is 0 Å². The lowest BCUT2D eigenvalue weighted by atomic mass is 9.69. The molecule has 2 aliphatic rings. The number of hydrogen-bond acceptors (Lipinski definition) is 2. The van der Waals surface area contributed by atoms with Gasteiger partial charge in [-0.15, -0.1) is 0 Å². The number of carbonyl (C=O) groups excluding carboxylic acids is 1. The van der Waals surface area contributed by atoms with Gasteiger partial charge in [0.2, 0.25) is 0 Å². The first kappa shape index (κ1) is 12.3. The van der Waals surface area contributed by atoms with Gasteiger partial charge in [0.1, 0.15) is 5.78 Å². The minimum absolute atomic E-state index is 0.126. The van der Waals surface area contributed by atoms with Crippen molar-refractivity contribution in [3.05, 3.63) is 37.5 Å². The number of fused-ring (bicyclic) bond motifs is 1. The molecule has 6 radical (unpaired) electrons. The predicted octanol–water partition coefficient (Wildman–Crippen LogP) is 2.55. The molecular weight excluding hydrogens is 216 g/mol. The van der Waals surface area contributed by atoms with Gasteiger partial charge in [0.15, 0.2) is 8.32 Å². The Morgan fingerprint density at radius 3 is 2.62 bits per heavy atom. The summed E-state index contributed by atoms with van der Waals surface area (Å²) in [6, 6.07) is 0. The summed E-state index contributed by atoms with van der Waals surface area (Å²) in [7, 11) is -1.55. The highest BCUT2D eigenvalue weighted by molar-refractivity contribution is 6.69. The molecule has 2 nitrogen and oxygen atoms in total. The Labute approximate surface area is 99.9 Å². The van der Waals surface area contributed by atoms with Crippen LogP contribution in [0.1, 0.15) is 12.8 Å². The van der Waals surface area contributed by atoms with Crippen molar-refractivity contribution in [1.29, 1.82) is 0 Å². The molecule has 0 heterocycles. The van der Waals surface area contributed by atoms with Gasteiger partial charge in [0, 0.05) is 12.3 Å². The van der Waals surface area contributed by atoms with Crippen molar-refractivity contribution in [1.82, 2.24) is 0 Å².